The molecule has 2 nitrogen and oxygen atoms in total. The molecular weight excluding hydrogens is 229 g/mol. The van der Waals surface area contributed by atoms with Gasteiger partial charge >= 0.3 is 0 Å². The Morgan fingerprint density at radius 2 is 2.31 bits per heavy atom. The Morgan fingerprint density at radius 1 is 1.50 bits per heavy atom. The molecule has 1 aliphatic rings. The molecule has 88 valence electrons. The summed E-state index contributed by atoms with van der Waals surface area (Å²) in [6.45, 7) is 1.54. The highest BCUT2D eigenvalue weighted by Crippen LogP contribution is 2.24. The molecule has 1 heterocycles. The molecule has 0 bridgehead atoms. The molecule has 1 unspecified atom stereocenters. The molecule has 0 aromatic heterocycles. The van der Waals surface area contributed by atoms with Crippen molar-refractivity contribution < 1.29 is 9.50 Å². The summed E-state index contributed by atoms with van der Waals surface area (Å²) in [5.74, 6) is -0.417. The summed E-state index contributed by atoms with van der Waals surface area (Å²) in [6.07, 6.45) is 2.25. The van der Waals surface area contributed by atoms with Crippen molar-refractivity contribution in [2.45, 2.75) is 24.9 Å². The first-order chi connectivity index (χ1) is 7.59. The van der Waals surface area contributed by atoms with Crippen molar-refractivity contribution in [1.82, 2.24) is 5.32 Å². The molecule has 0 spiro atoms. The average Bonchev–Trinajstić information content (AvgIpc) is 2.24. The van der Waals surface area contributed by atoms with Crippen LogP contribution in [0.1, 0.15) is 18.4 Å². The van der Waals surface area contributed by atoms with Crippen LogP contribution in [0.15, 0.2) is 18.2 Å². The van der Waals surface area contributed by atoms with Crippen molar-refractivity contribution >= 4 is 11.6 Å². The molecule has 0 amide bonds. The molecule has 0 aliphatic carbocycles. The minimum absolute atomic E-state index is 0.116. The summed E-state index contributed by atoms with van der Waals surface area (Å²) in [5, 5.41) is 13.6. The number of hydrogen-bond acceptors (Lipinski definition) is 2. The highest BCUT2D eigenvalue weighted by atomic mass is 35.5. The van der Waals surface area contributed by atoms with Gasteiger partial charge in [-0.15, -0.1) is 0 Å². The predicted molar refractivity (Wildman–Crippen MR) is 62.2 cm³/mol. The molecule has 1 atom stereocenters. The number of piperidine rings is 1. The minimum Gasteiger partial charge on any atom is -0.388 e. The fourth-order valence-corrected chi connectivity index (χ4v) is 2.34. The third-order valence-corrected chi connectivity index (χ3v) is 3.26. The van der Waals surface area contributed by atoms with E-state index in [1.807, 2.05) is 0 Å². The van der Waals surface area contributed by atoms with E-state index in [4.69, 9.17) is 11.6 Å². The van der Waals surface area contributed by atoms with E-state index in [-0.39, 0.29) is 5.02 Å². The zero-order valence-corrected chi connectivity index (χ0v) is 9.73. The van der Waals surface area contributed by atoms with Crippen LogP contribution in [0, 0.1) is 5.82 Å². The van der Waals surface area contributed by atoms with E-state index in [1.54, 1.807) is 12.1 Å². The molecule has 2 N–H and O–H groups in total. The molecular formula is C12H15ClFNO. The monoisotopic (exact) mass is 243 g/mol. The van der Waals surface area contributed by atoms with Crippen molar-refractivity contribution in [2.75, 3.05) is 13.1 Å². The van der Waals surface area contributed by atoms with E-state index in [0.29, 0.717) is 13.0 Å². The van der Waals surface area contributed by atoms with E-state index in [2.05, 4.69) is 5.32 Å². The Bertz CT molecular complexity index is 377. The van der Waals surface area contributed by atoms with Crippen LogP contribution >= 0.6 is 11.6 Å². The van der Waals surface area contributed by atoms with Crippen LogP contribution in [0.5, 0.6) is 0 Å². The van der Waals surface area contributed by atoms with Gasteiger partial charge in [-0.1, -0.05) is 17.7 Å². The molecule has 2 rings (SSSR count). The molecule has 1 saturated heterocycles. The molecule has 1 fully saturated rings. The molecule has 1 aromatic carbocycles. The van der Waals surface area contributed by atoms with E-state index in [9.17, 15) is 9.50 Å². The molecule has 1 aromatic rings. The van der Waals surface area contributed by atoms with Crippen LogP contribution in [0.25, 0.3) is 0 Å². The first-order valence-corrected chi connectivity index (χ1v) is 5.84. The van der Waals surface area contributed by atoms with Crippen LogP contribution < -0.4 is 5.32 Å². The van der Waals surface area contributed by atoms with E-state index >= 15 is 0 Å². The zero-order chi connectivity index (χ0) is 11.6. The standard InChI is InChI=1S/C12H15ClFNO/c13-10-6-9(2-3-11(10)14)7-12(16)4-1-5-15-8-12/h2-3,6,15-16H,1,4-5,7-8H2. The van der Waals surface area contributed by atoms with Crippen LogP contribution in [-0.4, -0.2) is 23.8 Å². The Labute approximate surface area is 99.4 Å². The Balaban J connectivity index is 2.10. The van der Waals surface area contributed by atoms with E-state index in [0.717, 1.165) is 24.9 Å². The normalized spacial score (nSPS) is 25.7. The van der Waals surface area contributed by atoms with Crippen molar-refractivity contribution in [3.05, 3.63) is 34.6 Å². The van der Waals surface area contributed by atoms with Gasteiger partial charge in [-0.2, -0.15) is 0 Å². The lowest BCUT2D eigenvalue weighted by Crippen LogP contribution is -2.47. The summed E-state index contributed by atoms with van der Waals surface area (Å²) >= 11 is 5.70. The first-order valence-electron chi connectivity index (χ1n) is 5.46. The lowest BCUT2D eigenvalue weighted by molar-refractivity contribution is 0.0169. The SMILES string of the molecule is OC1(Cc2ccc(F)c(Cl)c2)CCCNC1. The van der Waals surface area contributed by atoms with Gasteiger partial charge in [0.05, 0.1) is 10.6 Å². The third kappa shape index (κ3) is 2.73. The second kappa shape index (κ2) is 4.70. The van der Waals surface area contributed by atoms with Gasteiger partial charge < -0.3 is 10.4 Å². The largest absolute Gasteiger partial charge is 0.388 e. The number of rotatable bonds is 2. The molecule has 1 aliphatic heterocycles. The summed E-state index contributed by atoms with van der Waals surface area (Å²) in [5.41, 5.74) is 0.150. The van der Waals surface area contributed by atoms with E-state index < -0.39 is 11.4 Å². The van der Waals surface area contributed by atoms with Crippen molar-refractivity contribution in [3.8, 4) is 0 Å². The fraction of sp³-hybridized carbons (Fsp3) is 0.500. The van der Waals surface area contributed by atoms with Gasteiger partial charge in [0.2, 0.25) is 0 Å². The highest BCUT2D eigenvalue weighted by Gasteiger charge is 2.29. The van der Waals surface area contributed by atoms with Gasteiger partial charge in [0.25, 0.3) is 0 Å². The topological polar surface area (TPSA) is 32.3 Å². The van der Waals surface area contributed by atoms with Gasteiger partial charge in [0.1, 0.15) is 5.82 Å². The van der Waals surface area contributed by atoms with Crippen molar-refractivity contribution in [3.63, 3.8) is 0 Å². The van der Waals surface area contributed by atoms with Crippen molar-refractivity contribution in [2.24, 2.45) is 0 Å². The number of nitrogens with one attached hydrogen (secondary N) is 1. The van der Waals surface area contributed by atoms with Crippen LogP contribution in [0.2, 0.25) is 5.02 Å². The number of β-amino-alcohol motifs (C(OH)–C–C–N with tert-alkyl or cyclic N) is 1. The van der Waals surface area contributed by atoms with Crippen LogP contribution in [0.3, 0.4) is 0 Å². The van der Waals surface area contributed by atoms with Gasteiger partial charge in [0, 0.05) is 13.0 Å². The second-order valence-electron chi connectivity index (χ2n) is 4.43. The summed E-state index contributed by atoms with van der Waals surface area (Å²) in [7, 11) is 0. The highest BCUT2D eigenvalue weighted by molar-refractivity contribution is 6.30. The Morgan fingerprint density at radius 3 is 2.94 bits per heavy atom. The third-order valence-electron chi connectivity index (χ3n) is 2.97. The molecule has 4 heteroatoms. The number of halogens is 2. The van der Waals surface area contributed by atoms with Gasteiger partial charge in [-0.3, -0.25) is 0 Å². The fourth-order valence-electron chi connectivity index (χ4n) is 2.13. The Hall–Kier alpha value is -0.640. The van der Waals surface area contributed by atoms with E-state index in [1.165, 1.54) is 6.07 Å². The maximum Gasteiger partial charge on any atom is 0.141 e. The quantitative estimate of drug-likeness (QED) is 0.834. The first kappa shape index (κ1) is 11.8. The van der Waals surface area contributed by atoms with Gasteiger partial charge in [-0.25, -0.2) is 4.39 Å². The summed E-state index contributed by atoms with van der Waals surface area (Å²) in [4.78, 5) is 0. The number of hydrogen-bond donors (Lipinski definition) is 2. The van der Waals surface area contributed by atoms with Crippen LogP contribution in [-0.2, 0) is 6.42 Å². The Kier molecular flexibility index (Phi) is 3.47. The van der Waals surface area contributed by atoms with Crippen molar-refractivity contribution in [1.29, 1.82) is 0 Å². The minimum atomic E-state index is -0.723. The lowest BCUT2D eigenvalue weighted by atomic mass is 9.87. The van der Waals surface area contributed by atoms with Gasteiger partial charge in [0.15, 0.2) is 0 Å². The summed E-state index contributed by atoms with van der Waals surface area (Å²) < 4.78 is 13.0. The second-order valence-corrected chi connectivity index (χ2v) is 4.84. The van der Waals surface area contributed by atoms with Gasteiger partial charge in [-0.05, 0) is 37.1 Å². The maximum atomic E-state index is 13.0. The number of benzene rings is 1. The maximum absolute atomic E-state index is 13.0. The number of aliphatic hydroxyl groups is 1. The molecule has 16 heavy (non-hydrogen) atoms. The lowest BCUT2D eigenvalue weighted by Gasteiger charge is -2.32. The van der Waals surface area contributed by atoms with Crippen LogP contribution in [0.4, 0.5) is 4.39 Å². The molecule has 0 radical (unpaired) electrons. The summed E-state index contributed by atoms with van der Waals surface area (Å²) in [6, 6.07) is 4.61. The molecule has 0 saturated carbocycles. The predicted octanol–water partition coefficient (Wildman–Crippen LogP) is 2.14. The average molecular weight is 244 g/mol. The zero-order valence-electron chi connectivity index (χ0n) is 8.97. The smallest absolute Gasteiger partial charge is 0.141 e.